The van der Waals surface area contributed by atoms with Gasteiger partial charge in [0.25, 0.3) is 0 Å². The minimum absolute atomic E-state index is 0.662. The summed E-state index contributed by atoms with van der Waals surface area (Å²) in [5.41, 5.74) is 9.97. The van der Waals surface area contributed by atoms with Crippen molar-refractivity contribution in [1.82, 2.24) is 19.2 Å². The second kappa shape index (κ2) is 4.42. The van der Waals surface area contributed by atoms with Gasteiger partial charge in [0.2, 0.25) is 0 Å². The Balaban J connectivity index is 2.14. The maximum atomic E-state index is 6.19. The van der Waals surface area contributed by atoms with Crippen molar-refractivity contribution in [2.45, 2.75) is 26.8 Å². The third kappa shape index (κ3) is 1.87. The van der Waals surface area contributed by atoms with Crippen LogP contribution in [0.15, 0.2) is 30.7 Å². The fraction of sp³-hybridized carbons (Fsp3) is 0.286. The Hall–Kier alpha value is -2.30. The number of anilines is 1. The van der Waals surface area contributed by atoms with Gasteiger partial charge in [-0.1, -0.05) is 13.0 Å². The van der Waals surface area contributed by atoms with Gasteiger partial charge < -0.3 is 5.73 Å². The molecule has 0 spiro atoms. The summed E-state index contributed by atoms with van der Waals surface area (Å²) in [5, 5.41) is 4.33. The zero-order chi connectivity index (χ0) is 13.4. The van der Waals surface area contributed by atoms with Gasteiger partial charge in [0.15, 0.2) is 0 Å². The topological polar surface area (TPSA) is 61.1 Å². The summed E-state index contributed by atoms with van der Waals surface area (Å²) >= 11 is 0. The molecule has 0 aliphatic heterocycles. The molecular formula is C14H17N5. The van der Waals surface area contributed by atoms with Crippen LogP contribution in [0.25, 0.3) is 16.9 Å². The van der Waals surface area contributed by atoms with Crippen molar-refractivity contribution in [3.63, 3.8) is 0 Å². The summed E-state index contributed by atoms with van der Waals surface area (Å²) in [7, 11) is 0. The monoisotopic (exact) mass is 255 g/mol. The maximum Gasteiger partial charge on any atom is 0.142 e. The van der Waals surface area contributed by atoms with Gasteiger partial charge in [-0.3, -0.25) is 9.08 Å². The maximum absolute atomic E-state index is 6.19. The Kier molecular flexibility index (Phi) is 2.74. The molecule has 19 heavy (non-hydrogen) atoms. The van der Waals surface area contributed by atoms with E-state index in [0.717, 1.165) is 35.4 Å². The number of hydrogen-bond donors (Lipinski definition) is 1. The molecule has 2 N–H and O–H groups in total. The molecule has 0 aromatic carbocycles. The van der Waals surface area contributed by atoms with Crippen LogP contribution in [0.2, 0.25) is 0 Å². The molecule has 0 aliphatic carbocycles. The van der Waals surface area contributed by atoms with Gasteiger partial charge in [-0.25, -0.2) is 4.98 Å². The van der Waals surface area contributed by atoms with Gasteiger partial charge >= 0.3 is 0 Å². The van der Waals surface area contributed by atoms with E-state index in [0.29, 0.717) is 5.82 Å². The molecule has 5 heteroatoms. The van der Waals surface area contributed by atoms with Crippen molar-refractivity contribution in [1.29, 1.82) is 0 Å². The Labute approximate surface area is 111 Å². The summed E-state index contributed by atoms with van der Waals surface area (Å²) < 4.78 is 3.84. The first-order valence-corrected chi connectivity index (χ1v) is 6.46. The van der Waals surface area contributed by atoms with Crippen molar-refractivity contribution in [2.24, 2.45) is 0 Å². The second-order valence-electron chi connectivity index (χ2n) is 4.72. The van der Waals surface area contributed by atoms with E-state index in [-0.39, 0.29) is 0 Å². The van der Waals surface area contributed by atoms with Gasteiger partial charge in [0.1, 0.15) is 17.2 Å². The summed E-state index contributed by atoms with van der Waals surface area (Å²) in [6.45, 7) is 5.07. The first-order chi connectivity index (χ1) is 9.20. The smallest absolute Gasteiger partial charge is 0.142 e. The van der Waals surface area contributed by atoms with Crippen LogP contribution >= 0.6 is 0 Å². The standard InChI is InChI=1S/C14H17N5/c1-3-6-18-9-11(8-16-18)12-13(15)19-7-4-5-10(2)14(19)17-12/h4-5,7-9H,3,6,15H2,1-2H3. The average molecular weight is 255 g/mol. The van der Waals surface area contributed by atoms with Crippen LogP contribution in [0.4, 0.5) is 5.82 Å². The normalized spacial score (nSPS) is 11.3. The quantitative estimate of drug-likeness (QED) is 0.782. The van der Waals surface area contributed by atoms with E-state index in [2.05, 4.69) is 17.0 Å². The predicted molar refractivity (Wildman–Crippen MR) is 75.9 cm³/mol. The summed E-state index contributed by atoms with van der Waals surface area (Å²) in [4.78, 5) is 4.64. The van der Waals surface area contributed by atoms with Crippen molar-refractivity contribution >= 4 is 11.5 Å². The van der Waals surface area contributed by atoms with E-state index < -0.39 is 0 Å². The largest absolute Gasteiger partial charge is 0.383 e. The number of aromatic nitrogens is 4. The van der Waals surface area contributed by atoms with Gasteiger partial charge in [0.05, 0.1) is 6.20 Å². The molecule has 0 fully saturated rings. The Morgan fingerprint density at radius 2 is 2.21 bits per heavy atom. The fourth-order valence-electron chi connectivity index (χ4n) is 2.27. The minimum atomic E-state index is 0.662. The number of pyridine rings is 1. The molecule has 0 amide bonds. The lowest BCUT2D eigenvalue weighted by molar-refractivity contribution is 0.603. The molecule has 0 bridgehead atoms. The molecular weight excluding hydrogens is 238 g/mol. The summed E-state index contributed by atoms with van der Waals surface area (Å²) in [5.74, 6) is 0.662. The third-order valence-electron chi connectivity index (χ3n) is 3.24. The minimum Gasteiger partial charge on any atom is -0.383 e. The highest BCUT2D eigenvalue weighted by Crippen LogP contribution is 2.27. The first kappa shape index (κ1) is 11.8. The Morgan fingerprint density at radius 1 is 1.37 bits per heavy atom. The summed E-state index contributed by atoms with van der Waals surface area (Å²) in [6.07, 6.45) is 6.81. The SMILES string of the molecule is CCCn1cc(-c2nc3c(C)cccn3c2N)cn1. The molecule has 3 aromatic rings. The predicted octanol–water partition coefficient (Wildman–Crippen LogP) is 2.50. The lowest BCUT2D eigenvalue weighted by Gasteiger charge is -1.98. The van der Waals surface area contributed by atoms with Crippen LogP contribution < -0.4 is 5.73 Å². The zero-order valence-electron chi connectivity index (χ0n) is 11.2. The molecule has 98 valence electrons. The molecule has 0 unspecified atom stereocenters. The number of nitrogens with zero attached hydrogens (tertiary/aromatic N) is 4. The molecule has 5 nitrogen and oxygen atoms in total. The van der Waals surface area contributed by atoms with Crippen molar-refractivity contribution in [2.75, 3.05) is 5.73 Å². The molecule has 3 rings (SSSR count). The van der Waals surface area contributed by atoms with Gasteiger partial charge in [-0.05, 0) is 25.0 Å². The molecule has 3 aromatic heterocycles. The number of fused-ring (bicyclic) bond motifs is 1. The number of nitrogens with two attached hydrogens (primary N) is 1. The van der Waals surface area contributed by atoms with Crippen LogP contribution in [0.3, 0.4) is 0 Å². The first-order valence-electron chi connectivity index (χ1n) is 6.46. The van der Waals surface area contributed by atoms with E-state index >= 15 is 0 Å². The van der Waals surface area contributed by atoms with Gasteiger partial charge in [0, 0.05) is 24.5 Å². The molecule has 0 atom stereocenters. The van der Waals surface area contributed by atoms with E-state index in [4.69, 9.17) is 5.73 Å². The van der Waals surface area contributed by atoms with Crippen LogP contribution in [0, 0.1) is 6.92 Å². The highest BCUT2D eigenvalue weighted by atomic mass is 15.3. The third-order valence-corrected chi connectivity index (χ3v) is 3.24. The zero-order valence-corrected chi connectivity index (χ0v) is 11.2. The van der Waals surface area contributed by atoms with Gasteiger partial charge in [-0.15, -0.1) is 0 Å². The number of imidazole rings is 1. The van der Waals surface area contributed by atoms with Crippen LogP contribution in [0.5, 0.6) is 0 Å². The highest BCUT2D eigenvalue weighted by Gasteiger charge is 2.13. The van der Waals surface area contributed by atoms with Crippen LogP contribution in [-0.2, 0) is 6.54 Å². The van der Waals surface area contributed by atoms with Crippen molar-refractivity contribution in [3.8, 4) is 11.3 Å². The van der Waals surface area contributed by atoms with Gasteiger partial charge in [-0.2, -0.15) is 5.10 Å². The van der Waals surface area contributed by atoms with Crippen molar-refractivity contribution in [3.05, 3.63) is 36.3 Å². The van der Waals surface area contributed by atoms with Crippen molar-refractivity contribution < 1.29 is 0 Å². The fourth-order valence-corrected chi connectivity index (χ4v) is 2.27. The number of aryl methyl sites for hydroxylation is 2. The molecule has 0 saturated heterocycles. The Bertz CT molecular complexity index is 723. The van der Waals surface area contributed by atoms with Crippen LogP contribution in [0.1, 0.15) is 18.9 Å². The molecule has 0 radical (unpaired) electrons. The molecule has 3 heterocycles. The van der Waals surface area contributed by atoms with E-state index in [1.807, 2.05) is 46.7 Å². The number of rotatable bonds is 3. The van der Waals surface area contributed by atoms with E-state index in [1.54, 1.807) is 0 Å². The lowest BCUT2D eigenvalue weighted by atomic mass is 10.2. The van der Waals surface area contributed by atoms with E-state index in [1.165, 1.54) is 0 Å². The molecule has 0 saturated carbocycles. The Morgan fingerprint density at radius 3 is 2.95 bits per heavy atom. The second-order valence-corrected chi connectivity index (χ2v) is 4.72. The van der Waals surface area contributed by atoms with E-state index in [9.17, 15) is 0 Å². The lowest BCUT2D eigenvalue weighted by Crippen LogP contribution is -1.95. The number of hydrogen-bond acceptors (Lipinski definition) is 3. The summed E-state index contributed by atoms with van der Waals surface area (Å²) in [6, 6.07) is 4.01. The highest BCUT2D eigenvalue weighted by molar-refractivity contribution is 5.75. The average Bonchev–Trinajstić information content (AvgIpc) is 2.97. The van der Waals surface area contributed by atoms with Crippen LogP contribution in [-0.4, -0.2) is 19.2 Å². The number of nitrogen functional groups attached to an aromatic ring is 1. The molecule has 0 aliphatic rings.